The molecular formula is C62H107NO11. The molecule has 74 heavy (non-hydrogen) atoms. The van der Waals surface area contributed by atoms with Gasteiger partial charge >= 0.3 is 18.1 Å². The van der Waals surface area contributed by atoms with E-state index in [0.29, 0.717) is 62.6 Å². The van der Waals surface area contributed by atoms with Crippen LogP contribution >= 0.6 is 0 Å². The lowest BCUT2D eigenvalue weighted by Gasteiger charge is -2.31. The molecule has 1 aromatic carbocycles. The highest BCUT2D eigenvalue weighted by atomic mass is 16.7. The molecule has 1 fully saturated rings. The number of esters is 2. The van der Waals surface area contributed by atoms with Crippen LogP contribution in [0, 0.1) is 5.92 Å². The van der Waals surface area contributed by atoms with Crippen molar-refractivity contribution in [3.05, 3.63) is 83.5 Å². The molecule has 1 aliphatic heterocycles. The van der Waals surface area contributed by atoms with E-state index < -0.39 is 18.7 Å². The summed E-state index contributed by atoms with van der Waals surface area (Å²) < 4.78 is 47.1. The van der Waals surface area contributed by atoms with E-state index in [0.717, 1.165) is 135 Å². The molecule has 0 amide bonds. The first kappa shape index (κ1) is 70.2. The number of hydrogen-bond acceptors (Lipinski definition) is 12. The van der Waals surface area contributed by atoms with E-state index in [1.165, 1.54) is 0 Å². The van der Waals surface area contributed by atoms with Gasteiger partial charge in [0.25, 0.3) is 0 Å². The Morgan fingerprint density at radius 1 is 0.514 bits per heavy atom. The summed E-state index contributed by atoms with van der Waals surface area (Å²) in [6, 6.07) is 5.49. The molecule has 12 heteroatoms. The molecular weight excluding hydrogens is 935 g/mol. The van der Waals surface area contributed by atoms with Gasteiger partial charge in [-0.1, -0.05) is 111 Å². The van der Waals surface area contributed by atoms with Crippen LogP contribution in [0.1, 0.15) is 220 Å². The molecule has 1 aromatic rings. The van der Waals surface area contributed by atoms with Gasteiger partial charge in [-0.15, -0.1) is 0 Å². The third-order valence-corrected chi connectivity index (χ3v) is 11.8. The van der Waals surface area contributed by atoms with Crippen molar-refractivity contribution in [2.75, 3.05) is 52.7 Å². The van der Waals surface area contributed by atoms with Crippen molar-refractivity contribution in [1.29, 1.82) is 0 Å². The maximum Gasteiger partial charge on any atom is 0.508 e. The van der Waals surface area contributed by atoms with Gasteiger partial charge in [-0.05, 0) is 164 Å². The predicted octanol–water partition coefficient (Wildman–Crippen LogP) is 16.0. The summed E-state index contributed by atoms with van der Waals surface area (Å²) >= 11 is 0. The van der Waals surface area contributed by atoms with Crippen molar-refractivity contribution in [3.8, 4) is 0 Å². The second-order valence-corrected chi connectivity index (χ2v) is 18.2. The second kappa shape index (κ2) is 52.6. The number of unbranched alkanes of at least 4 members (excludes halogenated alkanes) is 8. The zero-order valence-electron chi connectivity index (χ0n) is 48.4. The molecule has 1 atom stereocenters. The van der Waals surface area contributed by atoms with Crippen molar-refractivity contribution in [3.63, 3.8) is 0 Å². The van der Waals surface area contributed by atoms with Gasteiger partial charge in [0.1, 0.15) is 19.8 Å². The Labute approximate surface area is 451 Å². The van der Waals surface area contributed by atoms with E-state index in [1.54, 1.807) is 0 Å². The number of benzene rings is 1. The number of hydrogen-bond donors (Lipinski definition) is 0. The molecule has 1 heterocycles. The van der Waals surface area contributed by atoms with Crippen molar-refractivity contribution >= 4 is 18.1 Å². The monoisotopic (exact) mass is 1040 g/mol. The molecule has 0 spiro atoms. The average Bonchev–Trinajstić information content (AvgIpc) is 3.43. The van der Waals surface area contributed by atoms with Gasteiger partial charge in [-0.25, -0.2) is 4.79 Å². The van der Waals surface area contributed by atoms with Crippen LogP contribution in [0.3, 0.4) is 0 Å². The third kappa shape index (κ3) is 41.4. The first-order valence-electron chi connectivity index (χ1n) is 29.3. The topological polar surface area (TPSA) is 128 Å². The van der Waals surface area contributed by atoms with Gasteiger partial charge in [0.2, 0.25) is 0 Å². The zero-order chi connectivity index (χ0) is 54.5. The lowest BCUT2D eigenvalue weighted by molar-refractivity contribution is -0.160. The highest BCUT2D eigenvalue weighted by Crippen LogP contribution is 2.19. The molecule has 0 N–H and O–H groups in total. The molecule has 1 unspecified atom stereocenters. The van der Waals surface area contributed by atoms with Crippen LogP contribution in [0.2, 0.25) is 0 Å². The van der Waals surface area contributed by atoms with Gasteiger partial charge in [-0.2, -0.15) is 0 Å². The van der Waals surface area contributed by atoms with Gasteiger partial charge < -0.3 is 42.8 Å². The Bertz CT molecular complexity index is 1460. The molecule has 1 saturated heterocycles. The van der Waals surface area contributed by atoms with Crippen LogP contribution in [0.25, 0.3) is 0 Å². The fourth-order valence-electron chi connectivity index (χ4n) is 7.86. The number of likely N-dealkylation sites (tertiary alicyclic amines) is 1. The smallest absolute Gasteiger partial charge is 0.461 e. The molecule has 0 radical (unpaired) electrons. The van der Waals surface area contributed by atoms with Crippen LogP contribution in [0.5, 0.6) is 0 Å². The minimum absolute atomic E-state index is 0.0171. The standard InChI is InChI=1S/C58H95NO11.2C2H6/c1-6-11-15-19-23-27-38-63-56(64-39-28-24-20-16-12-7-2)35-33-54(60)67-47-51-42-52(44-53(43-51)49-70-58(62)69-46-50-32-31-37-59(10-5)45-50)48-68-55(61)34-36-57(65-40-29-25-21-17-13-8-3)66-41-30-26-22-18-14-9-4;2*1-2/h11-18,42-44,50,56-57H,6-10,19-41,45-49H2,1-5H3;2*1-2H3/b15-11-,16-12-,17-13-,18-14-;;. The molecule has 1 aliphatic rings. The van der Waals surface area contributed by atoms with Crippen molar-refractivity contribution in [2.45, 2.75) is 236 Å². The average molecular weight is 1040 g/mol. The zero-order valence-corrected chi connectivity index (χ0v) is 48.4. The quantitative estimate of drug-likeness (QED) is 0.0203. The number of piperidine rings is 1. The minimum atomic E-state index is -0.736. The van der Waals surface area contributed by atoms with Crippen LogP contribution in [0.15, 0.2) is 66.8 Å². The minimum Gasteiger partial charge on any atom is -0.461 e. The highest BCUT2D eigenvalue weighted by Gasteiger charge is 2.21. The lowest BCUT2D eigenvalue weighted by atomic mass is 9.99. The van der Waals surface area contributed by atoms with E-state index in [9.17, 15) is 14.4 Å². The molecule has 0 aliphatic carbocycles. The summed E-state index contributed by atoms with van der Waals surface area (Å²) in [5.74, 6) is -0.487. The summed E-state index contributed by atoms with van der Waals surface area (Å²) in [5, 5.41) is 0. The predicted molar refractivity (Wildman–Crippen MR) is 303 cm³/mol. The molecule has 426 valence electrons. The van der Waals surface area contributed by atoms with Crippen LogP contribution in [0.4, 0.5) is 4.79 Å². The van der Waals surface area contributed by atoms with Gasteiger partial charge in [0, 0.05) is 51.7 Å². The fraction of sp³-hybridized carbons (Fsp3) is 0.726. The van der Waals surface area contributed by atoms with E-state index in [2.05, 4.69) is 88.1 Å². The van der Waals surface area contributed by atoms with Gasteiger partial charge in [0.05, 0.1) is 19.4 Å². The Balaban J connectivity index is 0.0000130. The SMILES string of the molecule is CC.CC.CC/C=C\CCCCOC(CCC(=O)OCc1cc(COC(=O)CCC(OCCCC/C=C\CC)OCCCC/C=C\CC)cc(COC(=O)OCC2CCCN(CC)C2)c1)OCCCC/C=C\CC. The number of carbonyl (C=O) groups excluding carboxylic acids is 3. The first-order valence-corrected chi connectivity index (χ1v) is 29.3. The van der Waals surface area contributed by atoms with Crippen LogP contribution < -0.4 is 0 Å². The van der Waals surface area contributed by atoms with E-state index in [4.69, 9.17) is 37.9 Å². The molecule has 2 rings (SSSR count). The summed E-state index contributed by atoms with van der Waals surface area (Å²) in [7, 11) is 0. The van der Waals surface area contributed by atoms with Crippen molar-refractivity contribution < 1.29 is 52.3 Å². The molecule has 12 nitrogen and oxygen atoms in total. The maximum absolute atomic E-state index is 13.2. The number of carbonyl (C=O) groups is 3. The summed E-state index contributed by atoms with van der Waals surface area (Å²) in [5.41, 5.74) is 2.00. The van der Waals surface area contributed by atoms with Crippen LogP contribution in [-0.2, 0) is 67.3 Å². The molecule has 0 aromatic heterocycles. The Morgan fingerprint density at radius 2 is 0.878 bits per heavy atom. The highest BCUT2D eigenvalue weighted by molar-refractivity contribution is 5.69. The number of rotatable bonds is 43. The van der Waals surface area contributed by atoms with E-state index in [-0.39, 0.29) is 50.5 Å². The van der Waals surface area contributed by atoms with Gasteiger partial charge in [-0.3, -0.25) is 9.59 Å². The molecule has 0 saturated carbocycles. The molecule has 0 bridgehead atoms. The Hall–Kier alpha value is -3.81. The fourth-order valence-corrected chi connectivity index (χ4v) is 7.86. The number of ether oxygens (including phenoxy) is 8. The second-order valence-electron chi connectivity index (χ2n) is 18.2. The number of nitrogens with zero attached hydrogens (tertiary/aromatic N) is 1. The van der Waals surface area contributed by atoms with Gasteiger partial charge in [0.15, 0.2) is 12.6 Å². The summed E-state index contributed by atoms with van der Waals surface area (Å²) in [4.78, 5) is 41.5. The summed E-state index contributed by atoms with van der Waals surface area (Å²) in [6.45, 7) is 24.1. The number of allylic oxidation sites excluding steroid dienone is 8. The van der Waals surface area contributed by atoms with E-state index in [1.807, 2.05) is 45.9 Å². The largest absolute Gasteiger partial charge is 0.508 e. The van der Waals surface area contributed by atoms with Crippen molar-refractivity contribution in [1.82, 2.24) is 4.90 Å². The van der Waals surface area contributed by atoms with Crippen LogP contribution in [-0.4, -0.2) is 88.2 Å². The first-order chi connectivity index (χ1) is 36.3. The lowest BCUT2D eigenvalue weighted by Crippen LogP contribution is -2.37. The van der Waals surface area contributed by atoms with E-state index >= 15 is 0 Å². The maximum atomic E-state index is 13.2. The Kier molecular flexibility index (Phi) is 49.9. The third-order valence-electron chi connectivity index (χ3n) is 11.8. The summed E-state index contributed by atoms with van der Waals surface area (Å²) in [6.07, 6.45) is 34.8. The Morgan fingerprint density at radius 3 is 1.23 bits per heavy atom. The van der Waals surface area contributed by atoms with Crippen molar-refractivity contribution in [2.24, 2.45) is 5.92 Å². The normalized spacial score (nSPS) is 14.0.